The van der Waals surface area contributed by atoms with Crippen molar-refractivity contribution in [1.82, 2.24) is 4.90 Å². The lowest BCUT2D eigenvalue weighted by Crippen LogP contribution is -2.28. The largest absolute Gasteiger partial charge is 0.469 e. The van der Waals surface area contributed by atoms with E-state index in [0.717, 1.165) is 19.4 Å². The lowest BCUT2D eigenvalue weighted by Gasteiger charge is -2.15. The van der Waals surface area contributed by atoms with E-state index in [1.807, 2.05) is 0 Å². The first kappa shape index (κ1) is 12.9. The SMILES string of the molecule is CCCCN(C)C(=O)CCC(=O)OC. The molecule has 14 heavy (non-hydrogen) atoms. The molecule has 0 atom stereocenters. The molecule has 0 fully saturated rings. The lowest BCUT2D eigenvalue weighted by atomic mass is 10.2. The molecule has 0 saturated heterocycles. The second-order valence-electron chi connectivity index (χ2n) is 3.24. The number of nitrogens with zero attached hydrogens (tertiary/aromatic N) is 1. The number of amides is 1. The van der Waals surface area contributed by atoms with E-state index in [4.69, 9.17) is 0 Å². The highest BCUT2D eigenvalue weighted by Gasteiger charge is 2.10. The van der Waals surface area contributed by atoms with Gasteiger partial charge >= 0.3 is 5.97 Å². The third-order valence-electron chi connectivity index (χ3n) is 2.04. The zero-order valence-corrected chi connectivity index (χ0v) is 9.21. The third-order valence-corrected chi connectivity index (χ3v) is 2.04. The van der Waals surface area contributed by atoms with Crippen molar-refractivity contribution in [2.45, 2.75) is 32.6 Å². The van der Waals surface area contributed by atoms with Crippen molar-refractivity contribution < 1.29 is 14.3 Å². The fourth-order valence-corrected chi connectivity index (χ4v) is 1.02. The van der Waals surface area contributed by atoms with Crippen molar-refractivity contribution >= 4 is 11.9 Å². The second kappa shape index (κ2) is 7.35. The molecule has 1 amide bonds. The predicted octanol–water partition coefficient (Wildman–Crippen LogP) is 1.20. The first-order valence-electron chi connectivity index (χ1n) is 4.92. The van der Waals surface area contributed by atoms with Gasteiger partial charge in [-0.3, -0.25) is 9.59 Å². The molecule has 0 N–H and O–H groups in total. The van der Waals surface area contributed by atoms with Crippen LogP contribution in [-0.2, 0) is 14.3 Å². The van der Waals surface area contributed by atoms with Crippen LogP contribution in [0.3, 0.4) is 0 Å². The summed E-state index contributed by atoms with van der Waals surface area (Å²) in [4.78, 5) is 23.8. The summed E-state index contributed by atoms with van der Waals surface area (Å²) < 4.78 is 4.45. The van der Waals surface area contributed by atoms with Gasteiger partial charge in [-0.25, -0.2) is 0 Å². The highest BCUT2D eigenvalue weighted by Crippen LogP contribution is 1.99. The smallest absolute Gasteiger partial charge is 0.306 e. The third kappa shape index (κ3) is 5.56. The Balaban J connectivity index is 3.67. The molecule has 4 heteroatoms. The van der Waals surface area contributed by atoms with Gasteiger partial charge in [0, 0.05) is 20.0 Å². The molecular formula is C10H19NO3. The number of hydrogen-bond donors (Lipinski definition) is 0. The highest BCUT2D eigenvalue weighted by atomic mass is 16.5. The minimum atomic E-state index is -0.331. The molecule has 0 aromatic carbocycles. The molecule has 0 saturated carbocycles. The minimum absolute atomic E-state index is 0.00356. The maximum Gasteiger partial charge on any atom is 0.306 e. The zero-order valence-electron chi connectivity index (χ0n) is 9.21. The molecule has 0 aliphatic carbocycles. The van der Waals surface area contributed by atoms with Crippen LogP contribution in [0.5, 0.6) is 0 Å². The van der Waals surface area contributed by atoms with Gasteiger partial charge in [0.2, 0.25) is 5.91 Å². The van der Waals surface area contributed by atoms with E-state index in [2.05, 4.69) is 11.7 Å². The maximum atomic E-state index is 11.4. The summed E-state index contributed by atoms with van der Waals surface area (Å²) in [6.45, 7) is 2.84. The Morgan fingerprint density at radius 2 is 1.93 bits per heavy atom. The molecule has 0 radical (unpaired) electrons. The van der Waals surface area contributed by atoms with Crippen molar-refractivity contribution in [2.75, 3.05) is 20.7 Å². The number of rotatable bonds is 6. The highest BCUT2D eigenvalue weighted by molar-refractivity contribution is 5.81. The summed E-state index contributed by atoms with van der Waals surface area (Å²) in [5.74, 6) is -0.328. The average molecular weight is 201 g/mol. The zero-order chi connectivity index (χ0) is 11.0. The van der Waals surface area contributed by atoms with E-state index < -0.39 is 0 Å². The number of esters is 1. The molecule has 4 nitrogen and oxygen atoms in total. The van der Waals surface area contributed by atoms with Gasteiger partial charge in [-0.05, 0) is 6.42 Å². The molecule has 0 spiro atoms. The van der Waals surface area contributed by atoms with Gasteiger partial charge in [0.1, 0.15) is 0 Å². The van der Waals surface area contributed by atoms with E-state index in [1.165, 1.54) is 7.11 Å². The monoisotopic (exact) mass is 201 g/mol. The molecule has 82 valence electrons. The Kier molecular flexibility index (Phi) is 6.80. The van der Waals surface area contributed by atoms with Crippen molar-refractivity contribution in [3.63, 3.8) is 0 Å². The van der Waals surface area contributed by atoms with Crippen molar-refractivity contribution in [1.29, 1.82) is 0 Å². The Morgan fingerprint density at radius 3 is 2.43 bits per heavy atom. The van der Waals surface area contributed by atoms with Gasteiger partial charge in [0.05, 0.1) is 13.5 Å². The van der Waals surface area contributed by atoms with E-state index in [1.54, 1.807) is 11.9 Å². The van der Waals surface area contributed by atoms with Crippen LogP contribution in [0.4, 0.5) is 0 Å². The Morgan fingerprint density at radius 1 is 1.29 bits per heavy atom. The van der Waals surface area contributed by atoms with Crippen LogP contribution in [-0.4, -0.2) is 37.5 Å². The van der Waals surface area contributed by atoms with Crippen LogP contribution >= 0.6 is 0 Å². The normalized spacial score (nSPS) is 9.64. The van der Waals surface area contributed by atoms with E-state index in [0.29, 0.717) is 0 Å². The molecule has 0 unspecified atom stereocenters. The number of ether oxygens (including phenoxy) is 1. The standard InChI is InChI=1S/C10H19NO3/c1-4-5-8-11(2)9(12)6-7-10(13)14-3/h4-8H2,1-3H3. The van der Waals surface area contributed by atoms with Crippen LogP contribution in [0.25, 0.3) is 0 Å². The number of carbonyl (C=O) groups excluding carboxylic acids is 2. The fourth-order valence-electron chi connectivity index (χ4n) is 1.02. The van der Waals surface area contributed by atoms with Gasteiger partial charge in [0.15, 0.2) is 0 Å². The Hall–Kier alpha value is -1.06. The molecule has 0 aromatic heterocycles. The molecular weight excluding hydrogens is 182 g/mol. The van der Waals surface area contributed by atoms with Crippen molar-refractivity contribution in [3.05, 3.63) is 0 Å². The molecule has 0 heterocycles. The van der Waals surface area contributed by atoms with Crippen LogP contribution in [0, 0.1) is 0 Å². The van der Waals surface area contributed by atoms with E-state index >= 15 is 0 Å². The van der Waals surface area contributed by atoms with E-state index in [-0.39, 0.29) is 24.7 Å². The minimum Gasteiger partial charge on any atom is -0.469 e. The van der Waals surface area contributed by atoms with Gasteiger partial charge in [-0.1, -0.05) is 13.3 Å². The van der Waals surface area contributed by atoms with Gasteiger partial charge in [0.25, 0.3) is 0 Å². The van der Waals surface area contributed by atoms with Crippen molar-refractivity contribution in [3.8, 4) is 0 Å². The summed E-state index contributed by atoms with van der Waals surface area (Å²) in [5.41, 5.74) is 0. The first-order chi connectivity index (χ1) is 6.61. The Bertz CT molecular complexity index is 192. The second-order valence-corrected chi connectivity index (χ2v) is 3.24. The number of unbranched alkanes of at least 4 members (excludes halogenated alkanes) is 1. The van der Waals surface area contributed by atoms with Gasteiger partial charge in [-0.2, -0.15) is 0 Å². The summed E-state index contributed by atoms with van der Waals surface area (Å²) in [6, 6.07) is 0. The van der Waals surface area contributed by atoms with Crippen LogP contribution in [0.15, 0.2) is 0 Å². The molecule has 0 aliphatic rings. The van der Waals surface area contributed by atoms with Crippen LogP contribution in [0.1, 0.15) is 32.6 Å². The number of hydrogen-bond acceptors (Lipinski definition) is 3. The first-order valence-corrected chi connectivity index (χ1v) is 4.92. The molecule has 0 bridgehead atoms. The Labute approximate surface area is 85.2 Å². The van der Waals surface area contributed by atoms with Crippen LogP contribution in [0.2, 0.25) is 0 Å². The van der Waals surface area contributed by atoms with E-state index in [9.17, 15) is 9.59 Å². The summed E-state index contributed by atoms with van der Waals surface area (Å²) >= 11 is 0. The lowest BCUT2D eigenvalue weighted by molar-refractivity contribution is -0.143. The maximum absolute atomic E-state index is 11.4. The van der Waals surface area contributed by atoms with Crippen molar-refractivity contribution in [2.24, 2.45) is 0 Å². The molecule has 0 aliphatic heterocycles. The van der Waals surface area contributed by atoms with Gasteiger partial charge in [-0.15, -0.1) is 0 Å². The molecule has 0 rings (SSSR count). The fraction of sp³-hybridized carbons (Fsp3) is 0.800. The topological polar surface area (TPSA) is 46.6 Å². The summed E-state index contributed by atoms with van der Waals surface area (Å²) in [6.07, 6.45) is 2.48. The average Bonchev–Trinajstić information content (AvgIpc) is 2.21. The number of carbonyl (C=O) groups is 2. The molecule has 0 aromatic rings. The predicted molar refractivity (Wildman–Crippen MR) is 53.8 cm³/mol. The quantitative estimate of drug-likeness (QED) is 0.607. The van der Waals surface area contributed by atoms with Gasteiger partial charge < -0.3 is 9.64 Å². The summed E-state index contributed by atoms with van der Waals surface area (Å²) in [7, 11) is 3.09. The van der Waals surface area contributed by atoms with Crippen LogP contribution < -0.4 is 0 Å². The summed E-state index contributed by atoms with van der Waals surface area (Å²) in [5, 5.41) is 0. The number of methoxy groups -OCH3 is 1.